The zero-order valence-electron chi connectivity index (χ0n) is 11.1. The predicted octanol–water partition coefficient (Wildman–Crippen LogP) is 4.63. The third-order valence-electron chi connectivity index (χ3n) is 2.81. The molecule has 5 heteroatoms. The molecule has 0 aliphatic rings. The number of hydrogen-bond donors (Lipinski definition) is 0. The van der Waals surface area contributed by atoms with Crippen molar-refractivity contribution in [1.82, 2.24) is 0 Å². The Morgan fingerprint density at radius 1 is 1.14 bits per heavy atom. The molecular weight excluding hydrogens is 342 g/mol. The van der Waals surface area contributed by atoms with E-state index in [1.165, 1.54) is 12.1 Å². The number of benzene rings is 2. The first-order valence-electron chi connectivity index (χ1n) is 6.02. The Morgan fingerprint density at radius 2 is 1.90 bits per heavy atom. The molecule has 0 atom stereocenters. The first-order chi connectivity index (χ1) is 10.0. The molecule has 0 N–H and O–H groups in total. The lowest BCUT2D eigenvalue weighted by Gasteiger charge is -2.03. The van der Waals surface area contributed by atoms with Crippen molar-refractivity contribution in [2.45, 2.75) is 0 Å². The van der Waals surface area contributed by atoms with Crippen LogP contribution in [0, 0.1) is 11.6 Å². The summed E-state index contributed by atoms with van der Waals surface area (Å²) < 4.78 is 31.7. The summed E-state index contributed by atoms with van der Waals surface area (Å²) >= 11 is 3.34. The number of allylic oxidation sites excluding steroid dienone is 1. The zero-order chi connectivity index (χ0) is 15.4. The minimum Gasteiger partial charge on any atom is -0.496 e. The highest BCUT2D eigenvalue weighted by Gasteiger charge is 2.07. The number of ketones is 1. The maximum absolute atomic E-state index is 13.1. The Balaban J connectivity index is 2.18. The van der Waals surface area contributed by atoms with Gasteiger partial charge in [-0.15, -0.1) is 0 Å². The van der Waals surface area contributed by atoms with Gasteiger partial charge in [0.15, 0.2) is 17.4 Å². The van der Waals surface area contributed by atoms with Crippen LogP contribution >= 0.6 is 15.9 Å². The number of carbonyl (C=O) groups excluding carboxylic acids is 1. The largest absolute Gasteiger partial charge is 0.496 e. The zero-order valence-corrected chi connectivity index (χ0v) is 12.7. The number of methoxy groups -OCH3 is 1. The second-order valence-electron chi connectivity index (χ2n) is 4.22. The standard InChI is InChI=1S/C16H11BrF2O2/c1-21-16-7-3-10(8-12(16)17)2-6-15(20)11-4-5-13(18)14(19)9-11/h2-9H,1H3/b6-2+. The second-order valence-corrected chi connectivity index (χ2v) is 5.07. The lowest BCUT2D eigenvalue weighted by Crippen LogP contribution is -1.96. The molecule has 0 heterocycles. The number of halogens is 3. The van der Waals surface area contributed by atoms with Gasteiger partial charge in [0.2, 0.25) is 0 Å². The molecule has 2 nitrogen and oxygen atoms in total. The molecule has 0 saturated carbocycles. The van der Waals surface area contributed by atoms with Gasteiger partial charge in [-0.25, -0.2) is 8.78 Å². The number of carbonyl (C=O) groups is 1. The summed E-state index contributed by atoms with van der Waals surface area (Å²) in [5, 5.41) is 0. The van der Waals surface area contributed by atoms with Gasteiger partial charge >= 0.3 is 0 Å². The quantitative estimate of drug-likeness (QED) is 0.592. The maximum Gasteiger partial charge on any atom is 0.185 e. The van der Waals surface area contributed by atoms with Gasteiger partial charge in [0.25, 0.3) is 0 Å². The Bertz CT molecular complexity index is 711. The average molecular weight is 353 g/mol. The van der Waals surface area contributed by atoms with E-state index < -0.39 is 17.4 Å². The van der Waals surface area contributed by atoms with Crippen LogP contribution in [0.4, 0.5) is 8.78 Å². The molecule has 2 aromatic carbocycles. The van der Waals surface area contributed by atoms with Crippen LogP contribution in [0.25, 0.3) is 6.08 Å². The molecule has 0 radical (unpaired) electrons. The predicted molar refractivity (Wildman–Crippen MR) is 80.4 cm³/mol. The normalized spacial score (nSPS) is 10.9. The maximum atomic E-state index is 13.1. The molecular formula is C16H11BrF2O2. The molecule has 0 fully saturated rings. The average Bonchev–Trinajstić information content (AvgIpc) is 2.47. The topological polar surface area (TPSA) is 26.3 Å². The van der Waals surface area contributed by atoms with Crippen molar-refractivity contribution >= 4 is 27.8 Å². The fourth-order valence-electron chi connectivity index (χ4n) is 1.70. The van der Waals surface area contributed by atoms with E-state index in [1.807, 2.05) is 0 Å². The lowest BCUT2D eigenvalue weighted by molar-refractivity contribution is 0.104. The minimum absolute atomic E-state index is 0.0951. The van der Waals surface area contributed by atoms with E-state index >= 15 is 0 Å². The van der Waals surface area contributed by atoms with Crippen LogP contribution in [0.15, 0.2) is 46.9 Å². The van der Waals surface area contributed by atoms with Crippen LogP contribution in [0.5, 0.6) is 5.75 Å². The second kappa shape index (κ2) is 6.63. The van der Waals surface area contributed by atoms with Gasteiger partial charge in [-0.1, -0.05) is 12.1 Å². The van der Waals surface area contributed by atoms with Crippen molar-refractivity contribution in [2.75, 3.05) is 7.11 Å². The van der Waals surface area contributed by atoms with Crippen molar-refractivity contribution in [2.24, 2.45) is 0 Å². The third-order valence-corrected chi connectivity index (χ3v) is 3.43. The molecule has 0 aliphatic heterocycles. The molecule has 21 heavy (non-hydrogen) atoms. The summed E-state index contributed by atoms with van der Waals surface area (Å²) in [5.74, 6) is -1.74. The molecule has 0 saturated heterocycles. The minimum atomic E-state index is -1.04. The molecule has 0 amide bonds. The van der Waals surface area contributed by atoms with Crippen molar-refractivity contribution in [1.29, 1.82) is 0 Å². The summed E-state index contributed by atoms with van der Waals surface area (Å²) in [6, 6.07) is 8.37. The van der Waals surface area contributed by atoms with Crippen LogP contribution in [-0.2, 0) is 0 Å². The van der Waals surface area contributed by atoms with Crippen LogP contribution in [0.2, 0.25) is 0 Å². The Morgan fingerprint density at radius 3 is 2.52 bits per heavy atom. The van der Waals surface area contributed by atoms with E-state index in [0.717, 1.165) is 22.2 Å². The molecule has 2 rings (SSSR count). The summed E-state index contributed by atoms with van der Waals surface area (Å²) in [7, 11) is 1.56. The highest BCUT2D eigenvalue weighted by molar-refractivity contribution is 9.10. The van der Waals surface area contributed by atoms with Crippen LogP contribution in [0.1, 0.15) is 15.9 Å². The third kappa shape index (κ3) is 3.76. The van der Waals surface area contributed by atoms with E-state index in [-0.39, 0.29) is 5.56 Å². The lowest BCUT2D eigenvalue weighted by atomic mass is 10.1. The van der Waals surface area contributed by atoms with E-state index in [2.05, 4.69) is 15.9 Å². The summed E-state index contributed by atoms with van der Waals surface area (Å²) in [5.41, 5.74) is 0.872. The van der Waals surface area contributed by atoms with Gasteiger partial charge in [0.05, 0.1) is 11.6 Å². The fourth-order valence-corrected chi connectivity index (χ4v) is 2.26. The van der Waals surface area contributed by atoms with E-state index in [0.29, 0.717) is 5.75 Å². The van der Waals surface area contributed by atoms with Crippen LogP contribution < -0.4 is 4.74 Å². The fraction of sp³-hybridized carbons (Fsp3) is 0.0625. The highest BCUT2D eigenvalue weighted by Crippen LogP contribution is 2.26. The molecule has 2 aromatic rings. The summed E-state index contributed by atoms with van der Waals surface area (Å²) in [6.45, 7) is 0. The number of rotatable bonds is 4. The Hall–Kier alpha value is -2.01. The summed E-state index contributed by atoms with van der Waals surface area (Å²) in [4.78, 5) is 11.9. The molecule has 0 aliphatic carbocycles. The van der Waals surface area contributed by atoms with Crippen LogP contribution in [0.3, 0.4) is 0 Å². The van der Waals surface area contributed by atoms with E-state index in [9.17, 15) is 13.6 Å². The van der Waals surface area contributed by atoms with Gasteiger partial charge in [0, 0.05) is 5.56 Å². The van der Waals surface area contributed by atoms with Gasteiger partial charge < -0.3 is 4.74 Å². The van der Waals surface area contributed by atoms with Crippen molar-refractivity contribution in [3.8, 4) is 5.75 Å². The van der Waals surface area contributed by atoms with Crippen molar-refractivity contribution < 1.29 is 18.3 Å². The van der Waals surface area contributed by atoms with Crippen molar-refractivity contribution in [3.05, 3.63) is 69.7 Å². The van der Waals surface area contributed by atoms with Gasteiger partial charge in [-0.3, -0.25) is 4.79 Å². The Kier molecular flexibility index (Phi) is 4.85. The van der Waals surface area contributed by atoms with E-state index in [1.54, 1.807) is 31.4 Å². The van der Waals surface area contributed by atoms with Crippen LogP contribution in [-0.4, -0.2) is 12.9 Å². The molecule has 108 valence electrons. The molecule has 0 spiro atoms. The SMILES string of the molecule is COc1ccc(/C=C/C(=O)c2ccc(F)c(F)c2)cc1Br. The first kappa shape index (κ1) is 15.4. The number of hydrogen-bond acceptors (Lipinski definition) is 2. The smallest absolute Gasteiger partial charge is 0.185 e. The number of ether oxygens (including phenoxy) is 1. The molecule has 0 unspecified atom stereocenters. The molecule has 0 bridgehead atoms. The van der Waals surface area contributed by atoms with Gasteiger partial charge in [-0.2, -0.15) is 0 Å². The summed E-state index contributed by atoms with van der Waals surface area (Å²) in [6.07, 6.45) is 2.90. The molecule has 0 aromatic heterocycles. The van der Waals surface area contributed by atoms with E-state index in [4.69, 9.17) is 4.74 Å². The monoisotopic (exact) mass is 352 g/mol. The van der Waals surface area contributed by atoms with Crippen molar-refractivity contribution in [3.63, 3.8) is 0 Å². The Labute approximate surface area is 129 Å². The first-order valence-corrected chi connectivity index (χ1v) is 6.81. The van der Waals surface area contributed by atoms with Gasteiger partial charge in [-0.05, 0) is 57.9 Å². The van der Waals surface area contributed by atoms with Gasteiger partial charge in [0.1, 0.15) is 5.75 Å². The highest BCUT2D eigenvalue weighted by atomic mass is 79.9.